The molecule has 0 unspecified atom stereocenters. The third-order valence-electron chi connectivity index (χ3n) is 3.32. The minimum Gasteiger partial charge on any atom is -0.487 e. The molecule has 1 N–H and O–H groups in total. The maximum Gasteiger partial charge on any atom is 0.132 e. The molecule has 0 fully saturated rings. The van der Waals surface area contributed by atoms with Gasteiger partial charge in [0.25, 0.3) is 0 Å². The Morgan fingerprint density at radius 2 is 1.62 bits per heavy atom. The Morgan fingerprint density at radius 1 is 0.952 bits per heavy atom. The Kier molecular flexibility index (Phi) is 3.79. The molecule has 4 nitrogen and oxygen atoms in total. The number of fused-ring (bicyclic) bond motifs is 1. The SMILES string of the molecule is Cc1nc2ccccc2nc1COc1ccc(CO)cc1. The largest absolute Gasteiger partial charge is 0.487 e. The topological polar surface area (TPSA) is 55.2 Å². The first-order valence-electron chi connectivity index (χ1n) is 6.81. The van der Waals surface area contributed by atoms with Crippen LogP contribution in [0.3, 0.4) is 0 Å². The van der Waals surface area contributed by atoms with E-state index in [1.165, 1.54) is 0 Å². The van der Waals surface area contributed by atoms with Crippen molar-refractivity contribution in [3.63, 3.8) is 0 Å². The number of para-hydroxylation sites is 2. The highest BCUT2D eigenvalue weighted by molar-refractivity contribution is 5.74. The molecule has 0 bridgehead atoms. The fourth-order valence-corrected chi connectivity index (χ4v) is 2.10. The predicted octanol–water partition coefficient (Wildman–Crippen LogP) is 3.01. The lowest BCUT2D eigenvalue weighted by Gasteiger charge is -2.09. The van der Waals surface area contributed by atoms with E-state index in [2.05, 4.69) is 9.97 Å². The van der Waals surface area contributed by atoms with Crippen LogP contribution in [0, 0.1) is 6.92 Å². The molecule has 0 atom stereocenters. The van der Waals surface area contributed by atoms with Crippen LogP contribution < -0.4 is 4.74 Å². The number of aliphatic hydroxyl groups is 1. The van der Waals surface area contributed by atoms with E-state index in [4.69, 9.17) is 9.84 Å². The van der Waals surface area contributed by atoms with E-state index in [0.717, 1.165) is 33.7 Å². The summed E-state index contributed by atoms with van der Waals surface area (Å²) in [5, 5.41) is 9.01. The third-order valence-corrected chi connectivity index (χ3v) is 3.32. The normalized spacial score (nSPS) is 10.8. The summed E-state index contributed by atoms with van der Waals surface area (Å²) in [6.07, 6.45) is 0. The van der Waals surface area contributed by atoms with Crippen LogP contribution in [0.4, 0.5) is 0 Å². The molecular weight excluding hydrogens is 264 g/mol. The molecule has 0 aliphatic heterocycles. The van der Waals surface area contributed by atoms with Crippen molar-refractivity contribution in [1.82, 2.24) is 9.97 Å². The highest BCUT2D eigenvalue weighted by Crippen LogP contribution is 2.16. The van der Waals surface area contributed by atoms with Gasteiger partial charge in [0.2, 0.25) is 0 Å². The van der Waals surface area contributed by atoms with Crippen molar-refractivity contribution in [1.29, 1.82) is 0 Å². The lowest BCUT2D eigenvalue weighted by Crippen LogP contribution is -2.03. The Balaban J connectivity index is 1.79. The van der Waals surface area contributed by atoms with Gasteiger partial charge in [0.1, 0.15) is 12.4 Å². The van der Waals surface area contributed by atoms with Crippen molar-refractivity contribution in [2.45, 2.75) is 20.1 Å². The van der Waals surface area contributed by atoms with E-state index >= 15 is 0 Å². The van der Waals surface area contributed by atoms with Gasteiger partial charge in [0.05, 0.1) is 29.0 Å². The quantitative estimate of drug-likeness (QED) is 0.798. The number of ether oxygens (including phenoxy) is 1. The summed E-state index contributed by atoms with van der Waals surface area (Å²) >= 11 is 0. The lowest BCUT2D eigenvalue weighted by molar-refractivity contribution is 0.280. The van der Waals surface area contributed by atoms with Gasteiger partial charge in [-0.2, -0.15) is 0 Å². The molecule has 106 valence electrons. The average molecular weight is 280 g/mol. The van der Waals surface area contributed by atoms with Crippen molar-refractivity contribution in [2.75, 3.05) is 0 Å². The third kappa shape index (κ3) is 3.01. The summed E-state index contributed by atoms with van der Waals surface area (Å²) in [6.45, 7) is 2.35. The van der Waals surface area contributed by atoms with Gasteiger partial charge in [-0.3, -0.25) is 0 Å². The number of aromatic nitrogens is 2. The van der Waals surface area contributed by atoms with Crippen LogP contribution in [0.5, 0.6) is 5.75 Å². The molecule has 2 aromatic carbocycles. The molecule has 21 heavy (non-hydrogen) atoms. The first-order valence-corrected chi connectivity index (χ1v) is 6.81. The second kappa shape index (κ2) is 5.89. The molecule has 0 aliphatic rings. The Labute approximate surface area is 123 Å². The molecular formula is C17H16N2O2. The van der Waals surface area contributed by atoms with E-state index in [1.54, 1.807) is 0 Å². The standard InChI is InChI=1S/C17H16N2O2/c1-12-17(19-16-5-3-2-4-15(16)18-12)11-21-14-8-6-13(10-20)7-9-14/h2-9,20H,10-11H2,1H3. The summed E-state index contributed by atoms with van der Waals surface area (Å²) in [7, 11) is 0. The number of benzene rings is 2. The smallest absolute Gasteiger partial charge is 0.132 e. The zero-order valence-electron chi connectivity index (χ0n) is 11.8. The first-order chi connectivity index (χ1) is 10.3. The van der Waals surface area contributed by atoms with Gasteiger partial charge < -0.3 is 9.84 Å². The second-order valence-corrected chi connectivity index (χ2v) is 4.84. The Hall–Kier alpha value is -2.46. The second-order valence-electron chi connectivity index (χ2n) is 4.84. The zero-order valence-corrected chi connectivity index (χ0v) is 11.8. The summed E-state index contributed by atoms with van der Waals surface area (Å²) in [6, 6.07) is 15.2. The summed E-state index contributed by atoms with van der Waals surface area (Å²) in [4.78, 5) is 9.14. The highest BCUT2D eigenvalue weighted by atomic mass is 16.5. The number of nitrogens with zero attached hydrogens (tertiary/aromatic N) is 2. The number of aliphatic hydroxyl groups excluding tert-OH is 1. The number of hydrogen-bond donors (Lipinski definition) is 1. The van der Waals surface area contributed by atoms with Gasteiger partial charge in [0, 0.05) is 0 Å². The van der Waals surface area contributed by atoms with E-state index in [1.807, 2.05) is 55.5 Å². The van der Waals surface area contributed by atoms with E-state index in [0.29, 0.717) is 6.61 Å². The molecule has 1 aromatic heterocycles. The van der Waals surface area contributed by atoms with Gasteiger partial charge in [-0.15, -0.1) is 0 Å². The molecule has 0 saturated carbocycles. The zero-order chi connectivity index (χ0) is 14.7. The fraction of sp³-hybridized carbons (Fsp3) is 0.176. The summed E-state index contributed by atoms with van der Waals surface area (Å²) in [5.74, 6) is 0.751. The number of aryl methyl sites for hydroxylation is 1. The highest BCUT2D eigenvalue weighted by Gasteiger charge is 2.06. The van der Waals surface area contributed by atoms with Crippen LogP contribution in [0.15, 0.2) is 48.5 Å². The average Bonchev–Trinajstić information content (AvgIpc) is 2.53. The maximum absolute atomic E-state index is 9.01. The van der Waals surface area contributed by atoms with E-state index in [9.17, 15) is 0 Å². The molecule has 0 amide bonds. The van der Waals surface area contributed by atoms with Crippen LogP contribution >= 0.6 is 0 Å². The molecule has 0 radical (unpaired) electrons. The van der Waals surface area contributed by atoms with Crippen molar-refractivity contribution >= 4 is 11.0 Å². The summed E-state index contributed by atoms with van der Waals surface area (Å²) < 4.78 is 5.74. The fourth-order valence-electron chi connectivity index (χ4n) is 2.10. The number of rotatable bonds is 4. The molecule has 0 aliphatic carbocycles. The van der Waals surface area contributed by atoms with Crippen molar-refractivity contribution < 1.29 is 9.84 Å². The molecule has 3 aromatic rings. The van der Waals surface area contributed by atoms with Gasteiger partial charge in [0.15, 0.2) is 0 Å². The van der Waals surface area contributed by atoms with Crippen LogP contribution in [0.2, 0.25) is 0 Å². The van der Waals surface area contributed by atoms with Gasteiger partial charge in [-0.25, -0.2) is 9.97 Å². The first kappa shape index (κ1) is 13.5. The van der Waals surface area contributed by atoms with Crippen LogP contribution in [-0.2, 0) is 13.2 Å². The van der Waals surface area contributed by atoms with Crippen LogP contribution in [0.25, 0.3) is 11.0 Å². The molecule has 4 heteroatoms. The Morgan fingerprint density at radius 3 is 2.29 bits per heavy atom. The number of hydrogen-bond acceptors (Lipinski definition) is 4. The van der Waals surface area contributed by atoms with Crippen molar-refractivity contribution in [3.05, 3.63) is 65.5 Å². The molecule has 0 spiro atoms. The maximum atomic E-state index is 9.01. The molecule has 0 saturated heterocycles. The van der Waals surface area contributed by atoms with Gasteiger partial charge in [-0.1, -0.05) is 24.3 Å². The molecule has 1 heterocycles. The summed E-state index contributed by atoms with van der Waals surface area (Å²) in [5.41, 5.74) is 4.34. The van der Waals surface area contributed by atoms with Crippen LogP contribution in [-0.4, -0.2) is 15.1 Å². The lowest BCUT2D eigenvalue weighted by atomic mass is 10.2. The predicted molar refractivity (Wildman–Crippen MR) is 81.0 cm³/mol. The van der Waals surface area contributed by atoms with Crippen molar-refractivity contribution in [3.8, 4) is 5.75 Å². The Bertz CT molecular complexity index is 754. The van der Waals surface area contributed by atoms with Gasteiger partial charge in [-0.05, 0) is 36.8 Å². The van der Waals surface area contributed by atoms with Gasteiger partial charge >= 0.3 is 0 Å². The van der Waals surface area contributed by atoms with E-state index in [-0.39, 0.29) is 6.61 Å². The van der Waals surface area contributed by atoms with Crippen LogP contribution in [0.1, 0.15) is 17.0 Å². The van der Waals surface area contributed by atoms with Crippen molar-refractivity contribution in [2.24, 2.45) is 0 Å². The minimum absolute atomic E-state index is 0.0372. The minimum atomic E-state index is 0.0372. The molecule has 3 rings (SSSR count). The monoisotopic (exact) mass is 280 g/mol. The van der Waals surface area contributed by atoms with E-state index < -0.39 is 0 Å².